The third-order valence-corrected chi connectivity index (χ3v) is 6.51. The van der Waals surface area contributed by atoms with Crippen molar-refractivity contribution in [3.8, 4) is 23.0 Å². The zero-order valence-electron chi connectivity index (χ0n) is 18.0. The van der Waals surface area contributed by atoms with E-state index >= 15 is 0 Å². The molecule has 0 saturated carbocycles. The molecule has 0 amide bonds. The first-order chi connectivity index (χ1) is 15.5. The predicted octanol–water partition coefficient (Wildman–Crippen LogP) is 5.55. The van der Waals surface area contributed by atoms with Crippen LogP contribution in [0, 0.1) is 6.92 Å². The molecule has 1 heterocycles. The lowest BCUT2D eigenvalue weighted by Crippen LogP contribution is -2.28. The third-order valence-electron chi connectivity index (χ3n) is 5.54. The Kier molecular flexibility index (Phi) is 6.13. The Morgan fingerprint density at radius 2 is 1.91 bits per heavy atom. The summed E-state index contributed by atoms with van der Waals surface area (Å²) >= 11 is 0. The fraction of sp³-hybridized carbons (Fsp3) is 0.348. The van der Waals surface area contributed by atoms with Gasteiger partial charge >= 0.3 is 15.6 Å². The van der Waals surface area contributed by atoms with E-state index in [1.807, 2.05) is 37.3 Å². The zero-order chi connectivity index (χ0) is 23.8. The predicted molar refractivity (Wildman–Crippen MR) is 115 cm³/mol. The first kappa shape index (κ1) is 23.2. The fourth-order valence-electron chi connectivity index (χ4n) is 3.89. The van der Waals surface area contributed by atoms with Gasteiger partial charge in [0.1, 0.15) is 17.3 Å². The molecule has 1 unspecified atom stereocenters. The molecule has 0 N–H and O–H groups in total. The summed E-state index contributed by atoms with van der Waals surface area (Å²) < 4.78 is 77.7. The summed E-state index contributed by atoms with van der Waals surface area (Å²) in [6, 6.07) is 12.3. The Balaban J connectivity index is 1.51. The summed E-state index contributed by atoms with van der Waals surface area (Å²) in [4.78, 5) is 4.50. The second-order valence-corrected chi connectivity index (χ2v) is 9.44. The van der Waals surface area contributed by atoms with Crippen molar-refractivity contribution in [1.82, 2.24) is 4.98 Å². The number of hydrogen-bond acceptors (Lipinski definition) is 6. The number of hydrogen-bond donors (Lipinski definition) is 0. The molecule has 3 aromatic rings. The van der Waals surface area contributed by atoms with Gasteiger partial charge < -0.3 is 13.3 Å². The molecule has 4 rings (SSSR count). The van der Waals surface area contributed by atoms with E-state index in [-0.39, 0.29) is 24.0 Å². The Hall–Kier alpha value is -3.01. The maximum Gasteiger partial charge on any atom is 0.534 e. The molecule has 0 spiro atoms. The van der Waals surface area contributed by atoms with E-state index in [9.17, 15) is 21.6 Å². The molecular weight excluding hydrogens is 459 g/mol. The van der Waals surface area contributed by atoms with Crippen LogP contribution in [-0.2, 0) is 23.0 Å². The van der Waals surface area contributed by atoms with Gasteiger partial charge in [-0.1, -0.05) is 25.1 Å². The second-order valence-electron chi connectivity index (χ2n) is 7.90. The number of halogens is 3. The van der Waals surface area contributed by atoms with Crippen LogP contribution in [0.25, 0.3) is 11.5 Å². The first-order valence-electron chi connectivity index (χ1n) is 10.4. The zero-order valence-corrected chi connectivity index (χ0v) is 18.8. The van der Waals surface area contributed by atoms with Crippen LogP contribution in [0.2, 0.25) is 0 Å². The van der Waals surface area contributed by atoms with Crippen molar-refractivity contribution in [3.05, 3.63) is 65.0 Å². The lowest BCUT2D eigenvalue weighted by Gasteiger charge is -2.16. The Labute approximate surface area is 189 Å². The summed E-state index contributed by atoms with van der Waals surface area (Å²) in [6.45, 7) is 3.78. The summed E-state index contributed by atoms with van der Waals surface area (Å²) in [6.07, 6.45) is 1.67. The lowest BCUT2D eigenvalue weighted by molar-refractivity contribution is -0.0500. The maximum absolute atomic E-state index is 12.9. The number of alkyl halides is 3. The molecule has 1 aliphatic carbocycles. The first-order valence-corrected chi connectivity index (χ1v) is 11.8. The number of aromatic nitrogens is 1. The largest absolute Gasteiger partial charge is 0.534 e. The highest BCUT2D eigenvalue weighted by Gasteiger charge is 2.49. The van der Waals surface area contributed by atoms with Gasteiger partial charge in [-0.3, -0.25) is 0 Å². The second kappa shape index (κ2) is 8.74. The van der Waals surface area contributed by atoms with E-state index in [0.717, 1.165) is 11.1 Å². The average molecular weight is 481 g/mol. The van der Waals surface area contributed by atoms with Gasteiger partial charge in [0.15, 0.2) is 0 Å². The van der Waals surface area contributed by atoms with Gasteiger partial charge in [-0.2, -0.15) is 21.6 Å². The van der Waals surface area contributed by atoms with Crippen LogP contribution in [0.4, 0.5) is 13.2 Å². The maximum atomic E-state index is 12.9. The SMILES string of the molecule is Cc1oc(-c2ccccc2)nc1CCOc1cc2c(c(OS(=O)(=O)C(F)(F)F)c1)C(C)CC2. The number of rotatable bonds is 7. The average Bonchev–Trinajstić information content (AvgIpc) is 3.30. The Morgan fingerprint density at radius 3 is 2.61 bits per heavy atom. The highest BCUT2D eigenvalue weighted by Crippen LogP contribution is 2.43. The smallest absolute Gasteiger partial charge is 0.493 e. The Morgan fingerprint density at radius 1 is 1.18 bits per heavy atom. The molecule has 1 atom stereocenters. The minimum atomic E-state index is -5.78. The number of ether oxygens (including phenoxy) is 1. The van der Waals surface area contributed by atoms with Gasteiger partial charge in [0, 0.05) is 23.6 Å². The van der Waals surface area contributed by atoms with Gasteiger partial charge in [-0.05, 0) is 49.4 Å². The standard InChI is InChI=1S/C23H22F3NO5S/c1-14-8-9-17-12-18(13-20(21(14)17)32-33(28,29)23(24,25)26)30-11-10-19-15(2)31-22(27-19)16-6-4-3-5-7-16/h3-7,12-14H,8-11H2,1-2H3. The van der Waals surface area contributed by atoms with E-state index in [1.165, 1.54) is 6.07 Å². The molecule has 0 bridgehead atoms. The van der Waals surface area contributed by atoms with E-state index in [1.54, 1.807) is 13.0 Å². The van der Waals surface area contributed by atoms with Crippen LogP contribution in [0.5, 0.6) is 11.5 Å². The van der Waals surface area contributed by atoms with Crippen molar-refractivity contribution in [2.24, 2.45) is 0 Å². The minimum Gasteiger partial charge on any atom is -0.493 e. The van der Waals surface area contributed by atoms with Crippen molar-refractivity contribution >= 4 is 10.1 Å². The fourth-order valence-corrected chi connectivity index (χ4v) is 4.36. The third kappa shape index (κ3) is 4.85. The van der Waals surface area contributed by atoms with Gasteiger partial charge in [-0.15, -0.1) is 0 Å². The molecule has 0 aliphatic heterocycles. The molecule has 0 saturated heterocycles. The van der Waals surface area contributed by atoms with Crippen molar-refractivity contribution in [1.29, 1.82) is 0 Å². The summed E-state index contributed by atoms with van der Waals surface area (Å²) in [5, 5.41) is 0. The van der Waals surface area contributed by atoms with E-state index in [4.69, 9.17) is 9.15 Å². The van der Waals surface area contributed by atoms with Crippen LogP contribution in [-0.4, -0.2) is 25.5 Å². The van der Waals surface area contributed by atoms with Crippen molar-refractivity contribution in [2.45, 2.75) is 44.5 Å². The van der Waals surface area contributed by atoms with Crippen LogP contribution >= 0.6 is 0 Å². The van der Waals surface area contributed by atoms with Crippen molar-refractivity contribution in [2.75, 3.05) is 6.61 Å². The highest BCUT2D eigenvalue weighted by molar-refractivity contribution is 7.88. The van der Waals surface area contributed by atoms with Crippen molar-refractivity contribution < 1.29 is 34.9 Å². The van der Waals surface area contributed by atoms with E-state index < -0.39 is 15.6 Å². The summed E-state index contributed by atoms with van der Waals surface area (Å²) in [5.41, 5.74) is -2.79. The van der Waals surface area contributed by atoms with Gasteiger partial charge in [0.05, 0.1) is 12.3 Å². The number of aryl methyl sites for hydroxylation is 2. The summed E-state index contributed by atoms with van der Waals surface area (Å²) in [7, 11) is -5.78. The van der Waals surface area contributed by atoms with Gasteiger partial charge in [-0.25, -0.2) is 4.98 Å². The molecule has 1 aromatic heterocycles. The topological polar surface area (TPSA) is 78.6 Å². The number of benzene rings is 2. The minimum absolute atomic E-state index is 0.123. The van der Waals surface area contributed by atoms with Crippen LogP contribution < -0.4 is 8.92 Å². The van der Waals surface area contributed by atoms with Crippen LogP contribution in [0.15, 0.2) is 46.9 Å². The number of nitrogens with zero attached hydrogens (tertiary/aromatic N) is 1. The monoisotopic (exact) mass is 481 g/mol. The van der Waals surface area contributed by atoms with Crippen LogP contribution in [0.1, 0.15) is 41.8 Å². The lowest BCUT2D eigenvalue weighted by atomic mass is 10.0. The quantitative estimate of drug-likeness (QED) is 0.325. The van der Waals surface area contributed by atoms with Gasteiger partial charge in [0.25, 0.3) is 0 Å². The molecule has 2 aromatic carbocycles. The normalized spacial score (nSPS) is 16.0. The molecule has 6 nitrogen and oxygen atoms in total. The van der Waals surface area contributed by atoms with Gasteiger partial charge in [0.2, 0.25) is 5.89 Å². The van der Waals surface area contributed by atoms with E-state index in [2.05, 4.69) is 9.17 Å². The summed E-state index contributed by atoms with van der Waals surface area (Å²) in [5.74, 6) is 0.901. The molecule has 176 valence electrons. The highest BCUT2D eigenvalue weighted by atomic mass is 32.2. The molecule has 0 fully saturated rings. The van der Waals surface area contributed by atoms with E-state index in [0.29, 0.717) is 42.2 Å². The number of fused-ring (bicyclic) bond motifs is 1. The number of oxazole rings is 1. The van der Waals surface area contributed by atoms with Crippen molar-refractivity contribution in [3.63, 3.8) is 0 Å². The Bertz CT molecular complexity index is 1250. The molecule has 1 aliphatic rings. The molecule has 33 heavy (non-hydrogen) atoms. The molecule has 10 heteroatoms. The molecule has 0 radical (unpaired) electrons. The molecular formula is C23H22F3NO5S. The van der Waals surface area contributed by atoms with Crippen LogP contribution in [0.3, 0.4) is 0 Å².